The van der Waals surface area contributed by atoms with Crippen molar-refractivity contribution >= 4 is 10.0 Å². The number of hydrogen-bond acceptors (Lipinski definition) is 4. The first-order chi connectivity index (χ1) is 11.0. The Morgan fingerprint density at radius 2 is 2.09 bits per heavy atom. The summed E-state index contributed by atoms with van der Waals surface area (Å²) in [4.78, 5) is 6.86. The molecule has 3 rings (SSSR count). The second-order valence-electron chi connectivity index (χ2n) is 7.03. The van der Waals surface area contributed by atoms with Crippen molar-refractivity contribution in [1.29, 1.82) is 0 Å². The summed E-state index contributed by atoms with van der Waals surface area (Å²) in [6.07, 6.45) is 5.81. The summed E-state index contributed by atoms with van der Waals surface area (Å²) in [5, 5.41) is 0. The SMILES string of the molecule is CCCS(=O)(=O)N1CCC2(CCCN(Cc3ccccn3)C2)C1. The van der Waals surface area contributed by atoms with Gasteiger partial charge in [-0.3, -0.25) is 9.88 Å². The summed E-state index contributed by atoms with van der Waals surface area (Å²) in [5.74, 6) is 0.279. The third-order valence-electron chi connectivity index (χ3n) is 5.11. The molecule has 0 aliphatic carbocycles. The van der Waals surface area contributed by atoms with Crippen molar-refractivity contribution in [3.05, 3.63) is 30.1 Å². The van der Waals surface area contributed by atoms with Gasteiger partial charge in [0.15, 0.2) is 0 Å². The molecule has 1 atom stereocenters. The van der Waals surface area contributed by atoms with Gasteiger partial charge >= 0.3 is 0 Å². The number of sulfonamides is 1. The Morgan fingerprint density at radius 1 is 1.22 bits per heavy atom. The molecule has 2 fully saturated rings. The highest BCUT2D eigenvalue weighted by atomic mass is 32.2. The van der Waals surface area contributed by atoms with E-state index >= 15 is 0 Å². The lowest BCUT2D eigenvalue weighted by atomic mass is 9.79. The molecule has 0 saturated carbocycles. The zero-order valence-corrected chi connectivity index (χ0v) is 14.8. The fourth-order valence-corrected chi connectivity index (χ4v) is 5.63. The lowest BCUT2D eigenvalue weighted by molar-refractivity contribution is 0.0925. The highest BCUT2D eigenvalue weighted by Gasteiger charge is 2.44. The summed E-state index contributed by atoms with van der Waals surface area (Å²) >= 11 is 0. The van der Waals surface area contributed by atoms with Gasteiger partial charge in [0.05, 0.1) is 11.4 Å². The fraction of sp³-hybridized carbons (Fsp3) is 0.706. The predicted octanol–water partition coefficient (Wildman–Crippen LogP) is 2.11. The van der Waals surface area contributed by atoms with Gasteiger partial charge in [-0.25, -0.2) is 12.7 Å². The molecule has 5 nitrogen and oxygen atoms in total. The van der Waals surface area contributed by atoms with Crippen LogP contribution in [0.3, 0.4) is 0 Å². The standard InChI is InChI=1S/C17H27N3O2S/c1-2-12-23(21,22)20-11-8-17(15-20)7-5-10-19(14-17)13-16-6-3-4-9-18-16/h3-4,6,9H,2,5,7-8,10-15H2,1H3. The summed E-state index contributed by atoms with van der Waals surface area (Å²) in [5.41, 5.74) is 1.24. The Labute approximate surface area is 139 Å². The van der Waals surface area contributed by atoms with Crippen molar-refractivity contribution in [2.24, 2.45) is 5.41 Å². The molecule has 2 aliphatic rings. The van der Waals surface area contributed by atoms with Crippen LogP contribution in [0.2, 0.25) is 0 Å². The highest BCUT2D eigenvalue weighted by Crippen LogP contribution is 2.40. The maximum atomic E-state index is 12.3. The molecule has 0 radical (unpaired) electrons. The second kappa shape index (κ2) is 6.87. The molecule has 0 aromatic carbocycles. The van der Waals surface area contributed by atoms with Crippen molar-refractivity contribution in [1.82, 2.24) is 14.2 Å². The highest BCUT2D eigenvalue weighted by molar-refractivity contribution is 7.89. The molecule has 0 amide bonds. The van der Waals surface area contributed by atoms with E-state index in [2.05, 4.69) is 16.0 Å². The van der Waals surface area contributed by atoms with Gasteiger partial charge in [-0.05, 0) is 49.8 Å². The monoisotopic (exact) mass is 337 g/mol. The molecule has 1 aromatic heterocycles. The average molecular weight is 337 g/mol. The topological polar surface area (TPSA) is 53.5 Å². The zero-order chi connectivity index (χ0) is 16.3. The van der Waals surface area contributed by atoms with E-state index in [1.807, 2.05) is 25.3 Å². The van der Waals surface area contributed by atoms with E-state index in [0.29, 0.717) is 19.5 Å². The third-order valence-corrected chi connectivity index (χ3v) is 7.13. The van der Waals surface area contributed by atoms with Gasteiger partial charge in [-0.15, -0.1) is 0 Å². The Bertz CT molecular complexity index is 620. The van der Waals surface area contributed by atoms with Gasteiger partial charge in [-0.1, -0.05) is 13.0 Å². The van der Waals surface area contributed by atoms with Crippen LogP contribution in [0.15, 0.2) is 24.4 Å². The molecule has 1 aromatic rings. The first kappa shape index (κ1) is 16.9. The molecule has 2 aliphatic heterocycles. The minimum atomic E-state index is -3.06. The first-order valence-corrected chi connectivity index (χ1v) is 10.2. The number of nitrogens with zero attached hydrogens (tertiary/aromatic N) is 3. The number of pyridine rings is 1. The molecule has 23 heavy (non-hydrogen) atoms. The van der Waals surface area contributed by atoms with E-state index in [4.69, 9.17) is 0 Å². The lowest BCUT2D eigenvalue weighted by Gasteiger charge is -2.40. The summed E-state index contributed by atoms with van der Waals surface area (Å²) in [6, 6.07) is 6.03. The van der Waals surface area contributed by atoms with Crippen molar-refractivity contribution in [2.45, 2.75) is 39.2 Å². The molecular weight excluding hydrogens is 310 g/mol. The fourth-order valence-electron chi connectivity index (χ4n) is 4.02. The van der Waals surface area contributed by atoms with Crippen LogP contribution in [0.4, 0.5) is 0 Å². The average Bonchev–Trinajstić information content (AvgIpc) is 2.93. The number of piperidine rings is 1. The van der Waals surface area contributed by atoms with Crippen LogP contribution in [0.5, 0.6) is 0 Å². The quantitative estimate of drug-likeness (QED) is 0.826. The maximum Gasteiger partial charge on any atom is 0.214 e. The number of likely N-dealkylation sites (tertiary alicyclic amines) is 1. The van der Waals surface area contributed by atoms with Crippen LogP contribution >= 0.6 is 0 Å². The van der Waals surface area contributed by atoms with Crippen LogP contribution in [0.1, 0.15) is 38.3 Å². The summed E-state index contributed by atoms with van der Waals surface area (Å²) < 4.78 is 26.4. The van der Waals surface area contributed by atoms with Gasteiger partial charge in [0.2, 0.25) is 10.0 Å². The van der Waals surface area contributed by atoms with Crippen molar-refractivity contribution in [3.8, 4) is 0 Å². The Kier molecular flexibility index (Phi) is 5.04. The minimum Gasteiger partial charge on any atom is -0.297 e. The third kappa shape index (κ3) is 3.92. The molecule has 128 valence electrons. The Balaban J connectivity index is 1.64. The second-order valence-corrected chi connectivity index (χ2v) is 9.12. The smallest absolute Gasteiger partial charge is 0.214 e. The van der Waals surface area contributed by atoms with Crippen LogP contribution in [-0.4, -0.2) is 54.5 Å². The van der Waals surface area contributed by atoms with Crippen molar-refractivity contribution in [3.63, 3.8) is 0 Å². The molecule has 1 spiro atoms. The summed E-state index contributed by atoms with van der Waals surface area (Å²) in [7, 11) is -3.06. The van der Waals surface area contributed by atoms with Crippen LogP contribution in [0.25, 0.3) is 0 Å². The molecule has 6 heteroatoms. The Morgan fingerprint density at radius 3 is 2.83 bits per heavy atom. The van der Waals surface area contributed by atoms with Crippen LogP contribution in [-0.2, 0) is 16.6 Å². The van der Waals surface area contributed by atoms with E-state index in [0.717, 1.165) is 44.6 Å². The minimum absolute atomic E-state index is 0.147. The van der Waals surface area contributed by atoms with Gasteiger partial charge in [-0.2, -0.15) is 0 Å². The lowest BCUT2D eigenvalue weighted by Crippen LogP contribution is -2.45. The van der Waals surface area contributed by atoms with Crippen molar-refractivity contribution in [2.75, 3.05) is 31.9 Å². The zero-order valence-electron chi connectivity index (χ0n) is 13.9. The molecular formula is C17H27N3O2S. The van der Waals surface area contributed by atoms with Gasteiger partial charge < -0.3 is 0 Å². The predicted molar refractivity (Wildman–Crippen MR) is 91.4 cm³/mol. The van der Waals surface area contributed by atoms with Gasteiger partial charge in [0, 0.05) is 32.4 Å². The van der Waals surface area contributed by atoms with Gasteiger partial charge in [0.25, 0.3) is 0 Å². The van der Waals surface area contributed by atoms with E-state index in [-0.39, 0.29) is 11.2 Å². The summed E-state index contributed by atoms with van der Waals surface area (Å²) in [6.45, 7) is 6.26. The largest absolute Gasteiger partial charge is 0.297 e. The van der Waals surface area contributed by atoms with Crippen LogP contribution in [0, 0.1) is 5.41 Å². The van der Waals surface area contributed by atoms with Gasteiger partial charge in [0.1, 0.15) is 0 Å². The van der Waals surface area contributed by atoms with E-state index in [9.17, 15) is 8.42 Å². The molecule has 0 bridgehead atoms. The Hall–Kier alpha value is -0.980. The van der Waals surface area contributed by atoms with E-state index in [1.165, 1.54) is 0 Å². The van der Waals surface area contributed by atoms with Crippen molar-refractivity contribution < 1.29 is 8.42 Å². The number of hydrogen-bond donors (Lipinski definition) is 0. The molecule has 3 heterocycles. The molecule has 2 saturated heterocycles. The van der Waals surface area contributed by atoms with E-state index < -0.39 is 10.0 Å². The van der Waals surface area contributed by atoms with E-state index in [1.54, 1.807) is 4.31 Å². The molecule has 0 N–H and O–H groups in total. The first-order valence-electron chi connectivity index (χ1n) is 8.63. The number of aromatic nitrogens is 1. The normalized spacial score (nSPS) is 26.8. The van der Waals surface area contributed by atoms with Crippen LogP contribution < -0.4 is 0 Å². The number of rotatable bonds is 5. The maximum absolute atomic E-state index is 12.3. The molecule has 1 unspecified atom stereocenters.